The monoisotopic (exact) mass is 349 g/mol. The lowest BCUT2D eigenvalue weighted by atomic mass is 10.1. The molecule has 0 aromatic carbocycles. The standard InChI is InChI=1S/C19H27NO3S/c1-13(2)17(18(21)20-10-6-7-11-20)23-19(22)16-12-14-8-4-3-5-9-15(14)24-16/h12-13,17H,3-11H2,1-2H3. The minimum Gasteiger partial charge on any atom is -0.448 e. The van der Waals surface area contributed by atoms with Gasteiger partial charge in [-0.05, 0) is 56.1 Å². The van der Waals surface area contributed by atoms with E-state index < -0.39 is 6.10 Å². The van der Waals surface area contributed by atoms with Gasteiger partial charge >= 0.3 is 5.97 Å². The van der Waals surface area contributed by atoms with Crippen LogP contribution in [0.25, 0.3) is 0 Å². The maximum Gasteiger partial charge on any atom is 0.349 e. The normalized spacial score (nSPS) is 19.0. The molecule has 0 radical (unpaired) electrons. The summed E-state index contributed by atoms with van der Waals surface area (Å²) in [4.78, 5) is 29.1. The van der Waals surface area contributed by atoms with Crippen LogP contribution >= 0.6 is 11.3 Å². The van der Waals surface area contributed by atoms with E-state index in [4.69, 9.17) is 4.74 Å². The molecule has 2 heterocycles. The first-order valence-electron chi connectivity index (χ1n) is 9.17. The highest BCUT2D eigenvalue weighted by Gasteiger charge is 2.32. The molecule has 4 nitrogen and oxygen atoms in total. The summed E-state index contributed by atoms with van der Waals surface area (Å²) in [6, 6.07) is 1.99. The van der Waals surface area contributed by atoms with E-state index in [2.05, 4.69) is 0 Å². The Morgan fingerprint density at radius 1 is 1.08 bits per heavy atom. The van der Waals surface area contributed by atoms with Crippen molar-refractivity contribution in [1.82, 2.24) is 4.90 Å². The SMILES string of the molecule is CC(C)C(OC(=O)c1cc2c(s1)CCCCC2)C(=O)N1CCCC1. The molecule has 1 aliphatic carbocycles. The van der Waals surface area contributed by atoms with Crippen molar-refractivity contribution in [1.29, 1.82) is 0 Å². The fourth-order valence-corrected chi connectivity index (χ4v) is 4.67. The Balaban J connectivity index is 1.70. The molecular formula is C19H27NO3S. The van der Waals surface area contributed by atoms with Crippen LogP contribution in [0.15, 0.2) is 6.07 Å². The summed E-state index contributed by atoms with van der Waals surface area (Å²) in [5.41, 5.74) is 1.30. The summed E-state index contributed by atoms with van der Waals surface area (Å²) in [5.74, 6) is -0.381. The van der Waals surface area contributed by atoms with Gasteiger partial charge in [0.15, 0.2) is 6.10 Å². The van der Waals surface area contributed by atoms with Gasteiger partial charge in [0.2, 0.25) is 0 Å². The second-order valence-corrected chi connectivity index (χ2v) is 8.36. The number of thiophene rings is 1. The van der Waals surface area contributed by atoms with Crippen molar-refractivity contribution < 1.29 is 14.3 Å². The topological polar surface area (TPSA) is 46.6 Å². The minimum absolute atomic E-state index is 0.0140. The van der Waals surface area contributed by atoms with Crippen molar-refractivity contribution in [3.63, 3.8) is 0 Å². The van der Waals surface area contributed by atoms with E-state index in [0.717, 1.165) is 38.8 Å². The molecular weight excluding hydrogens is 322 g/mol. The predicted octanol–water partition coefficient (Wildman–Crippen LogP) is 3.82. The highest BCUT2D eigenvalue weighted by Crippen LogP contribution is 2.30. The summed E-state index contributed by atoms with van der Waals surface area (Å²) in [7, 11) is 0. The van der Waals surface area contributed by atoms with Gasteiger partial charge in [-0.25, -0.2) is 4.79 Å². The van der Waals surface area contributed by atoms with E-state index in [1.54, 1.807) is 11.3 Å². The van der Waals surface area contributed by atoms with Gasteiger partial charge in [0, 0.05) is 18.0 Å². The molecule has 5 heteroatoms. The molecule has 1 unspecified atom stereocenters. The van der Waals surface area contributed by atoms with Crippen molar-refractivity contribution in [3.05, 3.63) is 21.4 Å². The molecule has 1 aromatic rings. The summed E-state index contributed by atoms with van der Waals surface area (Å²) in [5, 5.41) is 0. The highest BCUT2D eigenvalue weighted by molar-refractivity contribution is 7.14. The second-order valence-electron chi connectivity index (χ2n) is 7.22. The summed E-state index contributed by atoms with van der Waals surface area (Å²) in [6.07, 6.45) is 7.19. The number of ether oxygens (including phenoxy) is 1. The average Bonchev–Trinajstić information content (AvgIpc) is 3.18. The van der Waals surface area contributed by atoms with Crippen LogP contribution < -0.4 is 0 Å². The zero-order chi connectivity index (χ0) is 17.1. The van der Waals surface area contributed by atoms with Crippen LogP contribution in [0.3, 0.4) is 0 Å². The number of fused-ring (bicyclic) bond motifs is 1. The largest absolute Gasteiger partial charge is 0.448 e. The molecule has 0 bridgehead atoms. The number of nitrogens with zero attached hydrogens (tertiary/aromatic N) is 1. The van der Waals surface area contributed by atoms with Gasteiger partial charge in [0.25, 0.3) is 5.91 Å². The highest BCUT2D eigenvalue weighted by atomic mass is 32.1. The van der Waals surface area contributed by atoms with E-state index in [1.165, 1.54) is 29.7 Å². The quantitative estimate of drug-likeness (QED) is 0.613. The number of hydrogen-bond donors (Lipinski definition) is 0. The van der Waals surface area contributed by atoms with Crippen molar-refractivity contribution >= 4 is 23.2 Å². The maximum atomic E-state index is 12.6. The van der Waals surface area contributed by atoms with E-state index in [0.29, 0.717) is 4.88 Å². The molecule has 2 aliphatic rings. The van der Waals surface area contributed by atoms with Crippen LogP contribution in [0.5, 0.6) is 0 Å². The molecule has 1 aromatic heterocycles. The van der Waals surface area contributed by atoms with Gasteiger partial charge in [0.1, 0.15) is 4.88 Å². The average molecular weight is 349 g/mol. The third kappa shape index (κ3) is 3.82. The Labute approximate surface area is 148 Å². The minimum atomic E-state index is -0.669. The van der Waals surface area contributed by atoms with E-state index >= 15 is 0 Å². The van der Waals surface area contributed by atoms with Gasteiger partial charge in [-0.2, -0.15) is 0 Å². The summed E-state index contributed by atoms with van der Waals surface area (Å²) >= 11 is 1.55. The van der Waals surface area contributed by atoms with Crippen LogP contribution in [0.4, 0.5) is 0 Å². The number of aryl methyl sites for hydroxylation is 2. The van der Waals surface area contributed by atoms with Gasteiger partial charge in [-0.15, -0.1) is 11.3 Å². The zero-order valence-electron chi connectivity index (χ0n) is 14.7. The molecule has 1 aliphatic heterocycles. The number of rotatable bonds is 4. The smallest absolute Gasteiger partial charge is 0.349 e. The lowest BCUT2D eigenvalue weighted by Crippen LogP contribution is -2.42. The molecule has 24 heavy (non-hydrogen) atoms. The van der Waals surface area contributed by atoms with Gasteiger partial charge < -0.3 is 9.64 Å². The van der Waals surface area contributed by atoms with Crippen molar-refractivity contribution in [2.75, 3.05) is 13.1 Å². The maximum absolute atomic E-state index is 12.6. The Hall–Kier alpha value is -1.36. The molecule has 1 amide bonds. The number of hydrogen-bond acceptors (Lipinski definition) is 4. The van der Waals surface area contributed by atoms with Crippen molar-refractivity contribution in [3.8, 4) is 0 Å². The number of carbonyl (C=O) groups excluding carboxylic acids is 2. The fraction of sp³-hybridized carbons (Fsp3) is 0.684. The number of amides is 1. The van der Waals surface area contributed by atoms with Crippen LogP contribution in [-0.4, -0.2) is 36.0 Å². The predicted molar refractivity (Wildman–Crippen MR) is 95.4 cm³/mol. The van der Waals surface area contributed by atoms with Crippen LogP contribution in [-0.2, 0) is 22.4 Å². The van der Waals surface area contributed by atoms with E-state index in [-0.39, 0.29) is 17.8 Å². The fourth-order valence-electron chi connectivity index (χ4n) is 3.53. The molecule has 3 rings (SSSR count). The third-order valence-corrected chi connectivity index (χ3v) is 6.17. The Bertz CT molecular complexity index is 578. The first-order valence-corrected chi connectivity index (χ1v) is 9.99. The van der Waals surface area contributed by atoms with Crippen molar-refractivity contribution in [2.45, 2.75) is 64.9 Å². The lowest BCUT2D eigenvalue weighted by molar-refractivity contribution is -0.141. The van der Waals surface area contributed by atoms with E-state index in [9.17, 15) is 9.59 Å². The zero-order valence-corrected chi connectivity index (χ0v) is 15.5. The Kier molecular flexibility index (Phi) is 5.59. The number of likely N-dealkylation sites (tertiary alicyclic amines) is 1. The summed E-state index contributed by atoms with van der Waals surface area (Å²) < 4.78 is 5.66. The Morgan fingerprint density at radius 3 is 2.50 bits per heavy atom. The number of esters is 1. The van der Waals surface area contributed by atoms with Gasteiger partial charge in [0.05, 0.1) is 0 Å². The summed E-state index contributed by atoms with van der Waals surface area (Å²) in [6.45, 7) is 5.45. The first kappa shape index (κ1) is 17.5. The van der Waals surface area contributed by atoms with Gasteiger partial charge in [-0.3, -0.25) is 4.79 Å². The number of carbonyl (C=O) groups is 2. The molecule has 132 valence electrons. The lowest BCUT2D eigenvalue weighted by Gasteiger charge is -2.25. The van der Waals surface area contributed by atoms with E-state index in [1.807, 2.05) is 24.8 Å². The Morgan fingerprint density at radius 2 is 1.79 bits per heavy atom. The van der Waals surface area contributed by atoms with Crippen molar-refractivity contribution in [2.24, 2.45) is 5.92 Å². The van der Waals surface area contributed by atoms with Crippen LogP contribution in [0, 0.1) is 5.92 Å². The first-order chi connectivity index (χ1) is 11.6. The molecule has 0 spiro atoms. The molecule has 1 fully saturated rings. The van der Waals surface area contributed by atoms with Crippen LogP contribution in [0.2, 0.25) is 0 Å². The third-order valence-electron chi connectivity index (χ3n) is 4.95. The van der Waals surface area contributed by atoms with Crippen LogP contribution in [0.1, 0.15) is 66.1 Å². The molecule has 1 saturated heterocycles. The molecule has 1 atom stereocenters. The molecule has 0 N–H and O–H groups in total. The second kappa shape index (κ2) is 7.68. The van der Waals surface area contributed by atoms with Gasteiger partial charge in [-0.1, -0.05) is 20.3 Å². The molecule has 0 saturated carbocycles.